The van der Waals surface area contributed by atoms with Crippen LogP contribution in [0, 0.1) is 5.92 Å². The number of thiophene rings is 2. The topological polar surface area (TPSA) is 72.8 Å². The molecule has 2 aromatic heterocycles. The number of esters is 2. The van der Waals surface area contributed by atoms with E-state index >= 15 is 0 Å². The van der Waals surface area contributed by atoms with E-state index < -0.39 is 11.6 Å². The van der Waals surface area contributed by atoms with Gasteiger partial charge in [0.05, 0.1) is 36.0 Å². The van der Waals surface area contributed by atoms with Gasteiger partial charge in [0, 0.05) is 25.2 Å². The summed E-state index contributed by atoms with van der Waals surface area (Å²) in [5.41, 5.74) is -1.75. The SMILES string of the molecule is CCOC(=O)CCCC[N+]12CCC(CC1)[C@@H](OC(=O)C(O)(c1cccs1)c1cccs1)C2. The van der Waals surface area contributed by atoms with Crippen molar-refractivity contribution < 1.29 is 28.7 Å². The zero-order valence-electron chi connectivity index (χ0n) is 18.5. The number of aliphatic hydroxyl groups is 1. The highest BCUT2D eigenvalue weighted by Gasteiger charge is 2.51. The summed E-state index contributed by atoms with van der Waals surface area (Å²) in [4.78, 5) is 26.2. The first-order valence-electron chi connectivity index (χ1n) is 11.5. The number of rotatable bonds is 10. The maximum Gasteiger partial charge on any atom is 0.349 e. The second-order valence-corrected chi connectivity index (χ2v) is 10.8. The molecule has 8 heteroatoms. The molecule has 0 radical (unpaired) electrons. The highest BCUT2D eigenvalue weighted by molar-refractivity contribution is 7.12. The number of hydrogen-bond acceptors (Lipinski definition) is 7. The van der Waals surface area contributed by atoms with Crippen molar-refractivity contribution >= 4 is 34.6 Å². The molecular formula is C24H32NO5S2+. The molecule has 32 heavy (non-hydrogen) atoms. The van der Waals surface area contributed by atoms with E-state index in [1.54, 1.807) is 12.1 Å². The second-order valence-electron chi connectivity index (χ2n) is 8.90. The van der Waals surface area contributed by atoms with Crippen LogP contribution >= 0.6 is 22.7 Å². The van der Waals surface area contributed by atoms with Crippen LogP contribution in [-0.2, 0) is 24.7 Å². The number of ether oxygens (including phenoxy) is 2. The molecule has 5 rings (SSSR count). The molecule has 174 valence electrons. The van der Waals surface area contributed by atoms with E-state index in [4.69, 9.17) is 9.47 Å². The van der Waals surface area contributed by atoms with Crippen LogP contribution in [0.3, 0.4) is 0 Å². The summed E-state index contributed by atoms with van der Waals surface area (Å²) in [7, 11) is 0. The first-order chi connectivity index (χ1) is 15.5. The molecule has 0 saturated carbocycles. The van der Waals surface area contributed by atoms with E-state index in [0.717, 1.165) is 56.3 Å². The van der Waals surface area contributed by atoms with Crippen LogP contribution in [0.5, 0.6) is 0 Å². The van der Waals surface area contributed by atoms with Gasteiger partial charge < -0.3 is 19.1 Å². The van der Waals surface area contributed by atoms with Crippen LogP contribution in [0.4, 0.5) is 0 Å². The Labute approximate surface area is 197 Å². The summed E-state index contributed by atoms with van der Waals surface area (Å²) in [5, 5.41) is 15.3. The van der Waals surface area contributed by atoms with Gasteiger partial charge >= 0.3 is 11.9 Å². The Morgan fingerprint density at radius 1 is 1.12 bits per heavy atom. The van der Waals surface area contributed by atoms with Crippen molar-refractivity contribution in [1.29, 1.82) is 0 Å². The molecule has 1 atom stereocenters. The van der Waals surface area contributed by atoms with E-state index in [0.29, 0.717) is 28.7 Å². The van der Waals surface area contributed by atoms with Crippen LogP contribution in [0.2, 0.25) is 0 Å². The third-order valence-electron chi connectivity index (χ3n) is 6.92. The van der Waals surface area contributed by atoms with Crippen molar-refractivity contribution in [3.63, 3.8) is 0 Å². The van der Waals surface area contributed by atoms with Crippen molar-refractivity contribution in [1.82, 2.24) is 0 Å². The molecule has 5 heterocycles. The summed E-state index contributed by atoms with van der Waals surface area (Å²) in [6, 6.07) is 7.27. The standard InChI is InChI=1S/C24H32NO5S2/c1-2-29-22(26)9-3-4-12-25-13-10-18(11-14-25)19(17-25)30-23(27)24(28,20-7-5-15-31-20)21-8-6-16-32-21/h5-8,15-16,18-19,28H,2-4,9-14,17H2,1H3/q+1/t18?,19-,25?/m0/s1. The largest absolute Gasteiger partial charge is 0.466 e. The lowest BCUT2D eigenvalue weighted by Gasteiger charge is -2.52. The predicted octanol–water partition coefficient (Wildman–Crippen LogP) is 3.93. The van der Waals surface area contributed by atoms with Gasteiger partial charge in [-0.1, -0.05) is 12.1 Å². The molecule has 3 saturated heterocycles. The number of carbonyl (C=O) groups is 2. The van der Waals surface area contributed by atoms with Gasteiger partial charge in [-0.15, -0.1) is 22.7 Å². The Bertz CT molecular complexity index is 853. The third kappa shape index (κ3) is 4.78. The fraction of sp³-hybridized carbons (Fsp3) is 0.583. The third-order valence-corrected chi connectivity index (χ3v) is 8.88. The molecule has 0 spiro atoms. The summed E-state index contributed by atoms with van der Waals surface area (Å²) < 4.78 is 12.0. The Hall–Kier alpha value is -1.74. The van der Waals surface area contributed by atoms with E-state index in [-0.39, 0.29) is 12.1 Å². The minimum absolute atomic E-state index is 0.127. The quantitative estimate of drug-likeness (QED) is 0.318. The van der Waals surface area contributed by atoms with Crippen molar-refractivity contribution in [2.75, 3.05) is 32.8 Å². The van der Waals surface area contributed by atoms with E-state index in [1.165, 1.54) is 22.7 Å². The summed E-state index contributed by atoms with van der Waals surface area (Å²) in [5.74, 6) is -0.339. The Balaban J connectivity index is 1.41. The molecular weight excluding hydrogens is 446 g/mol. The second kappa shape index (κ2) is 10.0. The van der Waals surface area contributed by atoms with Gasteiger partial charge in [-0.25, -0.2) is 4.79 Å². The minimum Gasteiger partial charge on any atom is -0.466 e. The van der Waals surface area contributed by atoms with Gasteiger partial charge in [0.1, 0.15) is 6.54 Å². The molecule has 2 bridgehead atoms. The number of nitrogens with zero attached hydrogens (tertiary/aromatic N) is 1. The van der Waals surface area contributed by atoms with Crippen LogP contribution in [0.25, 0.3) is 0 Å². The van der Waals surface area contributed by atoms with Crippen LogP contribution in [-0.4, -0.2) is 60.4 Å². The lowest BCUT2D eigenvalue weighted by atomic mass is 9.82. The number of quaternary nitrogens is 1. The minimum atomic E-state index is -1.75. The first-order valence-corrected chi connectivity index (χ1v) is 13.2. The maximum atomic E-state index is 13.4. The number of piperidine rings is 3. The number of carbonyl (C=O) groups excluding carboxylic acids is 2. The molecule has 0 aromatic carbocycles. The van der Waals surface area contributed by atoms with E-state index in [1.807, 2.05) is 29.8 Å². The predicted molar refractivity (Wildman–Crippen MR) is 124 cm³/mol. The monoisotopic (exact) mass is 478 g/mol. The highest BCUT2D eigenvalue weighted by atomic mass is 32.1. The van der Waals surface area contributed by atoms with E-state index in [9.17, 15) is 14.7 Å². The average molecular weight is 479 g/mol. The van der Waals surface area contributed by atoms with Gasteiger partial charge in [0.25, 0.3) is 0 Å². The van der Waals surface area contributed by atoms with Gasteiger partial charge in [0.15, 0.2) is 6.10 Å². The number of fused-ring (bicyclic) bond motifs is 3. The normalized spacial score (nSPS) is 24.9. The Kier molecular flexibility index (Phi) is 7.34. The van der Waals surface area contributed by atoms with Crippen LogP contribution < -0.4 is 0 Å². The molecule has 1 N–H and O–H groups in total. The van der Waals surface area contributed by atoms with Crippen molar-refractivity contribution in [3.8, 4) is 0 Å². The summed E-state index contributed by atoms with van der Waals surface area (Å²) in [6.45, 7) is 6.22. The fourth-order valence-electron chi connectivity index (χ4n) is 5.13. The molecule has 3 aliphatic heterocycles. The average Bonchev–Trinajstić information content (AvgIpc) is 3.52. The van der Waals surface area contributed by atoms with Gasteiger partial charge in [0.2, 0.25) is 5.60 Å². The van der Waals surface area contributed by atoms with Crippen molar-refractivity contribution in [3.05, 3.63) is 44.8 Å². The smallest absolute Gasteiger partial charge is 0.349 e. The molecule has 3 fully saturated rings. The van der Waals surface area contributed by atoms with Gasteiger partial charge in [-0.05, 0) is 42.7 Å². The van der Waals surface area contributed by atoms with Crippen molar-refractivity contribution in [2.24, 2.45) is 5.92 Å². The maximum absolute atomic E-state index is 13.4. The molecule has 6 nitrogen and oxygen atoms in total. The highest BCUT2D eigenvalue weighted by Crippen LogP contribution is 2.40. The lowest BCUT2D eigenvalue weighted by Crippen LogP contribution is -2.65. The lowest BCUT2D eigenvalue weighted by molar-refractivity contribution is -0.946. The molecule has 3 aliphatic rings. The molecule has 0 amide bonds. The van der Waals surface area contributed by atoms with Gasteiger partial charge in [-0.3, -0.25) is 4.79 Å². The molecule has 0 unspecified atom stereocenters. The van der Waals surface area contributed by atoms with E-state index in [2.05, 4.69) is 0 Å². The zero-order chi connectivity index (χ0) is 22.6. The van der Waals surface area contributed by atoms with Gasteiger partial charge in [-0.2, -0.15) is 0 Å². The summed E-state index contributed by atoms with van der Waals surface area (Å²) in [6.07, 6.45) is 4.13. The van der Waals surface area contributed by atoms with Crippen molar-refractivity contribution in [2.45, 2.75) is 50.7 Å². The number of hydrogen-bond donors (Lipinski definition) is 1. The van der Waals surface area contributed by atoms with Crippen LogP contribution in [0.15, 0.2) is 35.0 Å². The Morgan fingerprint density at radius 3 is 2.34 bits per heavy atom. The molecule has 0 aliphatic carbocycles. The zero-order valence-corrected chi connectivity index (χ0v) is 20.2. The fourth-order valence-corrected chi connectivity index (χ4v) is 6.85. The Morgan fingerprint density at radius 2 is 1.78 bits per heavy atom. The first kappa shape index (κ1) is 23.4. The molecule has 2 aromatic rings. The number of unbranched alkanes of at least 4 members (excludes halogenated alkanes) is 1. The summed E-state index contributed by atoms with van der Waals surface area (Å²) >= 11 is 2.73. The van der Waals surface area contributed by atoms with Crippen LogP contribution in [0.1, 0.15) is 48.8 Å².